The summed E-state index contributed by atoms with van der Waals surface area (Å²) in [6.07, 6.45) is 10.9. The maximum Gasteiger partial charge on any atom is 0.109 e. The lowest BCUT2D eigenvalue weighted by atomic mass is 10.1. The molecule has 6 heterocycles. The molecule has 2 aromatic heterocycles. The largest absolute Gasteiger partial charge is 0.327 e. The van der Waals surface area contributed by atoms with E-state index in [2.05, 4.69) is 116 Å². The van der Waals surface area contributed by atoms with Crippen LogP contribution in [0.4, 0.5) is 0 Å². The molecule has 4 nitrogen and oxygen atoms in total. The van der Waals surface area contributed by atoms with E-state index in [1.807, 2.05) is 0 Å². The highest BCUT2D eigenvalue weighted by Gasteiger charge is 2.28. The Morgan fingerprint density at radius 2 is 1.32 bits per heavy atom. The van der Waals surface area contributed by atoms with Crippen LogP contribution in [0.2, 0.25) is 0 Å². The maximum atomic E-state index is 4.51. The van der Waals surface area contributed by atoms with Gasteiger partial charge in [0.2, 0.25) is 0 Å². The first kappa shape index (κ1) is 20.9. The molecule has 0 saturated heterocycles. The summed E-state index contributed by atoms with van der Waals surface area (Å²) in [5.74, 6) is 0. The second kappa shape index (κ2) is 7.17. The average Bonchev–Trinajstić information content (AvgIpc) is 3.60. The van der Waals surface area contributed by atoms with Gasteiger partial charge in [0.15, 0.2) is 0 Å². The summed E-state index contributed by atoms with van der Waals surface area (Å²) < 4.78 is 9.30. The fourth-order valence-corrected chi connectivity index (χ4v) is 6.29. The van der Waals surface area contributed by atoms with Crippen molar-refractivity contribution in [2.75, 3.05) is 0 Å². The number of rotatable bonds is 2. The molecule has 0 spiro atoms. The Labute approximate surface area is 201 Å². The maximum absolute atomic E-state index is 4.51. The van der Waals surface area contributed by atoms with E-state index in [4.69, 9.17) is 0 Å². The fourth-order valence-electron chi connectivity index (χ4n) is 6.29. The Bertz CT molecular complexity index is 1600. The molecule has 0 amide bonds. The predicted octanol–water partition coefficient (Wildman–Crippen LogP) is 4.60. The van der Waals surface area contributed by atoms with Gasteiger partial charge in [-0.1, -0.05) is 38.2 Å². The van der Waals surface area contributed by atoms with Gasteiger partial charge in [-0.3, -0.25) is 0 Å². The highest BCUT2D eigenvalue weighted by molar-refractivity contribution is 6.23. The van der Waals surface area contributed by atoms with Crippen LogP contribution < -0.4 is 10.7 Å². The molecule has 4 aliphatic rings. The van der Waals surface area contributed by atoms with E-state index in [0.717, 1.165) is 24.3 Å². The zero-order valence-corrected chi connectivity index (χ0v) is 20.8. The van der Waals surface area contributed by atoms with Crippen molar-refractivity contribution in [3.8, 4) is 0 Å². The third-order valence-corrected chi connectivity index (χ3v) is 8.03. The highest BCUT2D eigenvalue weighted by Crippen LogP contribution is 2.35. The van der Waals surface area contributed by atoms with E-state index < -0.39 is 0 Å². The molecule has 34 heavy (non-hydrogen) atoms. The predicted molar refractivity (Wildman–Crippen MR) is 140 cm³/mol. The number of aromatic nitrogens is 2. The molecule has 2 aromatic rings. The van der Waals surface area contributed by atoms with Gasteiger partial charge in [-0.2, -0.15) is 0 Å². The van der Waals surface area contributed by atoms with E-state index >= 15 is 0 Å². The summed E-state index contributed by atoms with van der Waals surface area (Å²) in [7, 11) is 8.95. The molecule has 0 N–H and O–H groups in total. The minimum atomic E-state index is 0.0990. The Balaban J connectivity index is 1.93. The monoisotopic (exact) mass is 448 g/mol. The van der Waals surface area contributed by atoms with Crippen molar-refractivity contribution in [1.82, 2.24) is 9.13 Å². The Morgan fingerprint density at radius 1 is 0.706 bits per heavy atom. The van der Waals surface area contributed by atoms with Gasteiger partial charge in [-0.05, 0) is 80.2 Å². The van der Waals surface area contributed by atoms with Crippen molar-refractivity contribution in [1.29, 1.82) is 0 Å². The number of fused-ring (bicyclic) bond motifs is 2. The number of hydrogen-bond donors (Lipinski definition) is 0. The lowest BCUT2D eigenvalue weighted by molar-refractivity contribution is -0.396. The van der Waals surface area contributed by atoms with Crippen molar-refractivity contribution in [2.45, 2.75) is 53.6 Å². The van der Waals surface area contributed by atoms with Crippen LogP contribution in [-0.4, -0.2) is 29.7 Å². The summed E-state index contributed by atoms with van der Waals surface area (Å²) >= 11 is 0. The quantitative estimate of drug-likeness (QED) is 0.472. The van der Waals surface area contributed by atoms with Gasteiger partial charge < -0.3 is 18.3 Å². The van der Waals surface area contributed by atoms with Crippen molar-refractivity contribution in [2.24, 2.45) is 0 Å². The van der Waals surface area contributed by atoms with Gasteiger partial charge in [0, 0.05) is 36.2 Å². The Morgan fingerprint density at radius 3 is 2.06 bits per heavy atom. The molecule has 172 valence electrons. The second-order valence-corrected chi connectivity index (χ2v) is 9.56. The molecule has 6 rings (SSSR count). The first-order chi connectivity index (χ1) is 16.4. The molecule has 6 bridgehead atoms. The molecule has 4 aliphatic heterocycles. The molecule has 4 heteroatoms. The average molecular weight is 449 g/mol. The van der Waals surface area contributed by atoms with Crippen molar-refractivity contribution in [3.63, 3.8) is 0 Å². The number of hydrogen-bond acceptors (Lipinski definition) is 0. The van der Waals surface area contributed by atoms with Crippen LogP contribution in [-0.2, 0) is 0 Å². The zero-order valence-electron chi connectivity index (χ0n) is 20.8. The molecule has 0 aromatic carbocycles. The van der Waals surface area contributed by atoms with Gasteiger partial charge in [-0.25, -0.2) is 0 Å². The summed E-state index contributed by atoms with van der Waals surface area (Å²) in [6, 6.07) is 9.15. The van der Waals surface area contributed by atoms with E-state index in [9.17, 15) is 0 Å². The lowest BCUT2D eigenvalue weighted by Crippen LogP contribution is -2.39. The van der Waals surface area contributed by atoms with E-state index in [1.54, 1.807) is 0 Å². The molecule has 0 aliphatic carbocycles. The Kier molecular flexibility index (Phi) is 4.41. The smallest absolute Gasteiger partial charge is 0.109 e. The minimum absolute atomic E-state index is 0.0990. The fraction of sp³-hybridized carbons (Fsp3) is 0.267. The van der Waals surface area contributed by atoms with Crippen LogP contribution in [0.3, 0.4) is 0 Å². The van der Waals surface area contributed by atoms with Crippen LogP contribution in [0.5, 0.6) is 0 Å². The van der Waals surface area contributed by atoms with Crippen molar-refractivity contribution < 1.29 is 9.15 Å². The molecule has 0 fully saturated rings. The molecule has 0 radical (unpaired) electrons. The third-order valence-electron chi connectivity index (χ3n) is 8.03. The second-order valence-electron chi connectivity index (χ2n) is 9.56. The first-order valence-electron chi connectivity index (χ1n) is 12.3. The summed E-state index contributed by atoms with van der Waals surface area (Å²) in [5.41, 5.74) is 12.3. The number of allylic oxidation sites excluding steroid dienone is 6. The molecule has 1 atom stereocenters. The van der Waals surface area contributed by atoms with Crippen LogP contribution in [0.25, 0.3) is 22.3 Å². The normalized spacial score (nSPS) is 21.0. The van der Waals surface area contributed by atoms with E-state index in [-0.39, 0.29) is 6.17 Å². The number of nitrogens with zero attached hydrogens (tertiary/aromatic N) is 4. The van der Waals surface area contributed by atoms with Gasteiger partial charge >= 0.3 is 0 Å². The summed E-state index contributed by atoms with van der Waals surface area (Å²) in [6.45, 7) is 11.3. The SMILES string of the molecule is [CH2-][N+]1=C2C=CC1=C(C)c1ccc3n1C(C)n1c(ccc1=C(CC)C1=[N+]([CH2-])C(=C3CC)C=C1)=C2C. The minimum Gasteiger partial charge on any atom is -0.327 e. The molecule has 1 unspecified atom stereocenters. The van der Waals surface area contributed by atoms with Gasteiger partial charge in [-0.15, -0.1) is 0 Å². The zero-order chi connectivity index (χ0) is 23.9. The van der Waals surface area contributed by atoms with E-state index in [0.29, 0.717) is 0 Å². The molecule has 0 saturated carbocycles. The Hall–Kier alpha value is -3.66. The van der Waals surface area contributed by atoms with Gasteiger partial charge in [0.1, 0.15) is 29.0 Å². The van der Waals surface area contributed by atoms with Crippen molar-refractivity contribution >= 4 is 33.7 Å². The van der Waals surface area contributed by atoms with Crippen LogP contribution in [0.1, 0.15) is 65.0 Å². The van der Waals surface area contributed by atoms with E-state index in [1.165, 1.54) is 55.8 Å². The third kappa shape index (κ3) is 2.48. The van der Waals surface area contributed by atoms with Crippen molar-refractivity contribution in [3.05, 3.63) is 96.1 Å². The van der Waals surface area contributed by atoms with Crippen LogP contribution in [0.15, 0.2) is 60.0 Å². The summed E-state index contributed by atoms with van der Waals surface area (Å²) in [5, 5.41) is 2.49. The van der Waals surface area contributed by atoms with Gasteiger partial charge in [0.05, 0.1) is 0 Å². The first-order valence-corrected chi connectivity index (χ1v) is 12.3. The molecular formula is C30H32N4. The van der Waals surface area contributed by atoms with Gasteiger partial charge in [0.25, 0.3) is 0 Å². The topological polar surface area (TPSA) is 15.9 Å². The highest BCUT2D eigenvalue weighted by atomic mass is 15.2. The van der Waals surface area contributed by atoms with Crippen LogP contribution in [0, 0.1) is 14.1 Å². The molecular weight excluding hydrogens is 416 g/mol. The standard InChI is InChI=1S/C30H32N4/c1-8-21-27-14-15-28(32(27)7)22(9-2)30-17-13-26-19(4)24-11-10-23(31(24)6)18(3)25-12-16-29(21)33(25)20(5)34(26)30/h10-17,20H,6-9H2,1-5H3. The summed E-state index contributed by atoms with van der Waals surface area (Å²) in [4.78, 5) is 0. The van der Waals surface area contributed by atoms with Crippen LogP contribution >= 0.6 is 0 Å². The lowest BCUT2D eigenvalue weighted by Gasteiger charge is -2.28.